The smallest absolute Gasteiger partial charge is 0.251 e. The molecular formula is C20H18ClFN4O2. The Morgan fingerprint density at radius 2 is 1.86 bits per heavy atom. The number of amides is 2. The Kier molecular flexibility index (Phi) is 5.46. The molecule has 0 aliphatic heterocycles. The fourth-order valence-electron chi connectivity index (χ4n) is 2.92. The van der Waals surface area contributed by atoms with Crippen LogP contribution in [0, 0.1) is 19.7 Å². The fraction of sp³-hybridized carbons (Fsp3) is 0.150. The van der Waals surface area contributed by atoms with Gasteiger partial charge in [0, 0.05) is 22.0 Å². The largest absolute Gasteiger partial charge is 0.366 e. The zero-order valence-corrected chi connectivity index (χ0v) is 16.0. The van der Waals surface area contributed by atoms with Crippen molar-refractivity contribution in [2.75, 3.05) is 5.32 Å². The van der Waals surface area contributed by atoms with E-state index < -0.39 is 11.7 Å². The van der Waals surface area contributed by atoms with Crippen molar-refractivity contribution in [2.24, 2.45) is 5.73 Å². The van der Waals surface area contributed by atoms with Crippen LogP contribution in [0.2, 0.25) is 5.02 Å². The van der Waals surface area contributed by atoms with Crippen LogP contribution in [-0.2, 0) is 11.2 Å². The number of primary amides is 1. The lowest BCUT2D eigenvalue weighted by molar-refractivity contribution is -0.115. The van der Waals surface area contributed by atoms with E-state index in [1.165, 1.54) is 12.1 Å². The minimum atomic E-state index is -0.899. The molecule has 0 atom stereocenters. The van der Waals surface area contributed by atoms with Crippen molar-refractivity contribution in [3.05, 3.63) is 75.8 Å². The topological polar surface area (TPSA) is 90.0 Å². The predicted octanol–water partition coefficient (Wildman–Crippen LogP) is 3.56. The molecule has 0 aliphatic carbocycles. The van der Waals surface area contributed by atoms with Gasteiger partial charge in [-0.1, -0.05) is 11.6 Å². The molecule has 3 rings (SSSR count). The van der Waals surface area contributed by atoms with Gasteiger partial charge in [0.2, 0.25) is 5.91 Å². The van der Waals surface area contributed by atoms with E-state index in [-0.39, 0.29) is 17.9 Å². The molecule has 2 aromatic carbocycles. The molecule has 0 aliphatic rings. The Hall–Kier alpha value is -3.19. The third-order valence-electron chi connectivity index (χ3n) is 4.37. The highest BCUT2D eigenvalue weighted by molar-refractivity contribution is 6.30. The van der Waals surface area contributed by atoms with Crippen LogP contribution in [0.3, 0.4) is 0 Å². The van der Waals surface area contributed by atoms with Gasteiger partial charge in [-0.3, -0.25) is 9.59 Å². The van der Waals surface area contributed by atoms with Crippen molar-refractivity contribution in [1.29, 1.82) is 0 Å². The van der Waals surface area contributed by atoms with E-state index in [0.717, 1.165) is 28.7 Å². The lowest BCUT2D eigenvalue weighted by atomic mass is 10.1. The first kappa shape index (κ1) is 19.6. The Labute approximate surface area is 166 Å². The second-order valence-corrected chi connectivity index (χ2v) is 6.76. The normalized spacial score (nSPS) is 10.7. The molecule has 0 bridgehead atoms. The minimum Gasteiger partial charge on any atom is -0.366 e. The average Bonchev–Trinajstić information content (AvgIpc) is 2.92. The number of carbonyl (C=O) groups excluding carboxylic acids is 2. The number of benzene rings is 2. The number of nitrogens with two attached hydrogens (primary N) is 1. The van der Waals surface area contributed by atoms with Crippen LogP contribution in [0.15, 0.2) is 42.5 Å². The van der Waals surface area contributed by atoms with Crippen molar-refractivity contribution in [3.8, 4) is 5.69 Å². The van der Waals surface area contributed by atoms with Crippen LogP contribution in [0.4, 0.5) is 10.1 Å². The fourth-order valence-corrected chi connectivity index (χ4v) is 3.05. The molecule has 3 aromatic rings. The predicted molar refractivity (Wildman–Crippen MR) is 105 cm³/mol. The van der Waals surface area contributed by atoms with Gasteiger partial charge in [-0.05, 0) is 56.3 Å². The second kappa shape index (κ2) is 7.82. The van der Waals surface area contributed by atoms with Gasteiger partial charge in [0.25, 0.3) is 5.91 Å². The number of halogens is 2. The Balaban J connectivity index is 1.80. The van der Waals surface area contributed by atoms with Crippen molar-refractivity contribution in [2.45, 2.75) is 20.3 Å². The summed E-state index contributed by atoms with van der Waals surface area (Å²) in [7, 11) is 0. The first-order valence-electron chi connectivity index (χ1n) is 8.46. The van der Waals surface area contributed by atoms with E-state index in [1.54, 1.807) is 16.8 Å². The van der Waals surface area contributed by atoms with E-state index in [9.17, 15) is 14.0 Å². The molecule has 0 saturated heterocycles. The van der Waals surface area contributed by atoms with Gasteiger partial charge in [0.15, 0.2) is 0 Å². The molecule has 1 aromatic heterocycles. The third-order valence-corrected chi connectivity index (χ3v) is 4.62. The van der Waals surface area contributed by atoms with Crippen LogP contribution < -0.4 is 11.1 Å². The molecule has 0 radical (unpaired) electrons. The monoisotopic (exact) mass is 400 g/mol. The van der Waals surface area contributed by atoms with Gasteiger partial charge in [-0.2, -0.15) is 5.10 Å². The Morgan fingerprint density at radius 1 is 1.18 bits per heavy atom. The molecule has 0 fully saturated rings. The number of anilines is 1. The first-order chi connectivity index (χ1) is 13.3. The highest BCUT2D eigenvalue weighted by atomic mass is 35.5. The van der Waals surface area contributed by atoms with Crippen LogP contribution >= 0.6 is 11.6 Å². The van der Waals surface area contributed by atoms with E-state index in [0.29, 0.717) is 10.7 Å². The molecule has 3 N–H and O–H groups in total. The maximum Gasteiger partial charge on any atom is 0.251 e. The standard InChI is InChI=1S/C20H18ClFN4O2/c1-11-16(12(2)26(25-11)15-6-3-13(21)4-7-15)10-19(27)24-14-5-8-18(22)17(9-14)20(23)28/h3-9H,10H2,1-2H3,(H2,23,28)(H,24,27). The summed E-state index contributed by atoms with van der Waals surface area (Å²) >= 11 is 5.93. The summed E-state index contributed by atoms with van der Waals surface area (Å²) in [6, 6.07) is 10.9. The summed E-state index contributed by atoms with van der Waals surface area (Å²) in [4.78, 5) is 23.7. The first-order valence-corrected chi connectivity index (χ1v) is 8.84. The number of rotatable bonds is 5. The average molecular weight is 401 g/mol. The van der Waals surface area contributed by atoms with E-state index >= 15 is 0 Å². The zero-order chi connectivity index (χ0) is 20.4. The number of nitrogens with zero attached hydrogens (tertiary/aromatic N) is 2. The van der Waals surface area contributed by atoms with E-state index in [4.69, 9.17) is 17.3 Å². The number of aryl methyl sites for hydroxylation is 1. The molecule has 0 spiro atoms. The highest BCUT2D eigenvalue weighted by Gasteiger charge is 2.17. The molecule has 2 amide bonds. The van der Waals surface area contributed by atoms with E-state index in [2.05, 4.69) is 10.4 Å². The molecule has 0 saturated carbocycles. The minimum absolute atomic E-state index is 0.0779. The Bertz CT molecular complexity index is 1060. The lowest BCUT2D eigenvalue weighted by Gasteiger charge is -2.08. The molecule has 6 nitrogen and oxygen atoms in total. The van der Waals surface area contributed by atoms with Crippen molar-refractivity contribution in [3.63, 3.8) is 0 Å². The lowest BCUT2D eigenvalue weighted by Crippen LogP contribution is -2.17. The third kappa shape index (κ3) is 4.04. The van der Waals surface area contributed by atoms with E-state index in [1.807, 2.05) is 26.0 Å². The summed E-state index contributed by atoms with van der Waals surface area (Å²) < 4.78 is 15.3. The molecule has 1 heterocycles. The number of hydrogen-bond donors (Lipinski definition) is 2. The van der Waals surface area contributed by atoms with Gasteiger partial charge in [-0.25, -0.2) is 9.07 Å². The summed E-state index contributed by atoms with van der Waals surface area (Å²) in [5.41, 5.74) is 8.31. The van der Waals surface area contributed by atoms with Crippen LogP contribution in [0.1, 0.15) is 27.3 Å². The van der Waals surface area contributed by atoms with Crippen molar-refractivity contribution >= 4 is 29.1 Å². The van der Waals surface area contributed by atoms with Crippen LogP contribution in [0.5, 0.6) is 0 Å². The number of nitrogens with one attached hydrogen (secondary N) is 1. The number of carbonyl (C=O) groups is 2. The van der Waals surface area contributed by atoms with Gasteiger partial charge < -0.3 is 11.1 Å². The number of aromatic nitrogens is 2. The second-order valence-electron chi connectivity index (χ2n) is 6.32. The maximum atomic E-state index is 13.6. The Morgan fingerprint density at radius 3 is 2.50 bits per heavy atom. The van der Waals surface area contributed by atoms with Crippen LogP contribution in [0.25, 0.3) is 5.69 Å². The number of hydrogen-bond acceptors (Lipinski definition) is 3. The van der Waals surface area contributed by atoms with Crippen molar-refractivity contribution < 1.29 is 14.0 Å². The van der Waals surface area contributed by atoms with Gasteiger partial charge in [-0.15, -0.1) is 0 Å². The molecule has 8 heteroatoms. The molecule has 0 unspecified atom stereocenters. The van der Waals surface area contributed by atoms with Gasteiger partial charge in [0.1, 0.15) is 5.82 Å². The van der Waals surface area contributed by atoms with Gasteiger partial charge >= 0.3 is 0 Å². The maximum absolute atomic E-state index is 13.6. The molecular weight excluding hydrogens is 383 g/mol. The summed E-state index contributed by atoms with van der Waals surface area (Å²) in [6.07, 6.45) is 0.0779. The quantitative estimate of drug-likeness (QED) is 0.686. The summed E-state index contributed by atoms with van der Waals surface area (Å²) in [6.45, 7) is 3.70. The SMILES string of the molecule is Cc1nn(-c2ccc(Cl)cc2)c(C)c1CC(=O)Nc1ccc(F)c(C(N)=O)c1. The highest BCUT2D eigenvalue weighted by Crippen LogP contribution is 2.21. The van der Waals surface area contributed by atoms with Crippen LogP contribution in [-0.4, -0.2) is 21.6 Å². The molecule has 28 heavy (non-hydrogen) atoms. The van der Waals surface area contributed by atoms with Gasteiger partial charge in [0.05, 0.1) is 23.4 Å². The summed E-state index contributed by atoms with van der Waals surface area (Å²) in [5, 5.41) is 7.78. The molecule has 144 valence electrons. The summed E-state index contributed by atoms with van der Waals surface area (Å²) in [5.74, 6) is -1.95. The zero-order valence-electron chi connectivity index (χ0n) is 15.3. The van der Waals surface area contributed by atoms with Crippen molar-refractivity contribution in [1.82, 2.24) is 9.78 Å².